The van der Waals surface area contributed by atoms with Gasteiger partial charge in [-0.1, -0.05) is 19.1 Å². The molecule has 16 heavy (non-hydrogen) atoms. The highest BCUT2D eigenvalue weighted by Gasteiger charge is 2.40. The van der Waals surface area contributed by atoms with Crippen LogP contribution in [-0.4, -0.2) is 18.8 Å². The van der Waals surface area contributed by atoms with Crippen LogP contribution in [0.3, 0.4) is 0 Å². The van der Waals surface area contributed by atoms with Crippen molar-refractivity contribution in [3.63, 3.8) is 0 Å². The van der Waals surface area contributed by atoms with Gasteiger partial charge in [0.2, 0.25) is 6.10 Å². The molecule has 1 unspecified atom stereocenters. The van der Waals surface area contributed by atoms with Gasteiger partial charge in [-0.25, -0.2) is 0 Å². The van der Waals surface area contributed by atoms with Gasteiger partial charge in [0.1, 0.15) is 5.75 Å². The van der Waals surface area contributed by atoms with Crippen LogP contribution in [0.1, 0.15) is 12.5 Å². The van der Waals surface area contributed by atoms with E-state index in [4.69, 9.17) is 10.5 Å². The van der Waals surface area contributed by atoms with E-state index in [1.807, 2.05) is 6.92 Å². The zero-order valence-corrected chi connectivity index (χ0v) is 8.92. The van der Waals surface area contributed by atoms with E-state index in [9.17, 15) is 13.2 Å². The van der Waals surface area contributed by atoms with E-state index >= 15 is 0 Å². The zero-order valence-electron chi connectivity index (χ0n) is 8.92. The van der Waals surface area contributed by atoms with E-state index in [2.05, 4.69) is 0 Å². The first kappa shape index (κ1) is 12.8. The van der Waals surface area contributed by atoms with Crippen molar-refractivity contribution in [3.05, 3.63) is 29.8 Å². The highest BCUT2D eigenvalue weighted by atomic mass is 19.4. The Bertz CT molecular complexity index is 321. The van der Waals surface area contributed by atoms with Crippen LogP contribution >= 0.6 is 0 Å². The number of aryl methyl sites for hydroxylation is 1. The molecular weight excluding hydrogens is 219 g/mol. The summed E-state index contributed by atoms with van der Waals surface area (Å²) < 4.78 is 41.8. The molecule has 0 radical (unpaired) electrons. The van der Waals surface area contributed by atoms with E-state index in [0.29, 0.717) is 0 Å². The molecule has 1 aromatic rings. The molecule has 2 nitrogen and oxygen atoms in total. The van der Waals surface area contributed by atoms with Crippen molar-refractivity contribution < 1.29 is 17.9 Å². The number of halogens is 3. The van der Waals surface area contributed by atoms with Gasteiger partial charge in [0.05, 0.1) is 0 Å². The molecule has 90 valence electrons. The first-order valence-corrected chi connectivity index (χ1v) is 4.99. The number of rotatable bonds is 4. The predicted molar refractivity (Wildman–Crippen MR) is 55.3 cm³/mol. The van der Waals surface area contributed by atoms with Gasteiger partial charge >= 0.3 is 6.18 Å². The van der Waals surface area contributed by atoms with Gasteiger partial charge in [-0.05, 0) is 24.1 Å². The average Bonchev–Trinajstić information content (AvgIpc) is 2.25. The third kappa shape index (κ3) is 3.41. The molecule has 5 heteroatoms. The van der Waals surface area contributed by atoms with E-state index in [1.54, 1.807) is 12.1 Å². The van der Waals surface area contributed by atoms with Crippen molar-refractivity contribution in [3.8, 4) is 5.75 Å². The molecule has 0 aliphatic rings. The number of hydrogen-bond donors (Lipinski definition) is 1. The van der Waals surface area contributed by atoms with Crippen LogP contribution in [0, 0.1) is 0 Å². The van der Waals surface area contributed by atoms with Crippen molar-refractivity contribution in [1.82, 2.24) is 0 Å². The summed E-state index contributed by atoms with van der Waals surface area (Å²) in [6, 6.07) is 6.51. The number of nitrogens with two attached hydrogens (primary N) is 1. The van der Waals surface area contributed by atoms with Crippen LogP contribution in [0.4, 0.5) is 13.2 Å². The number of hydrogen-bond acceptors (Lipinski definition) is 2. The fourth-order valence-corrected chi connectivity index (χ4v) is 1.22. The molecule has 0 spiro atoms. The molecule has 0 aliphatic carbocycles. The Morgan fingerprint density at radius 3 is 2.19 bits per heavy atom. The highest BCUT2D eigenvalue weighted by Crippen LogP contribution is 2.24. The van der Waals surface area contributed by atoms with Crippen LogP contribution < -0.4 is 10.5 Å². The quantitative estimate of drug-likeness (QED) is 0.867. The largest absolute Gasteiger partial charge is 0.480 e. The van der Waals surface area contributed by atoms with Gasteiger partial charge < -0.3 is 10.5 Å². The molecule has 0 bridgehead atoms. The molecule has 1 aromatic carbocycles. The number of alkyl halides is 3. The van der Waals surface area contributed by atoms with Crippen molar-refractivity contribution in [2.24, 2.45) is 5.73 Å². The van der Waals surface area contributed by atoms with E-state index < -0.39 is 18.8 Å². The maximum atomic E-state index is 12.3. The second-order valence-corrected chi connectivity index (χ2v) is 3.38. The van der Waals surface area contributed by atoms with E-state index in [-0.39, 0.29) is 5.75 Å². The summed E-state index contributed by atoms with van der Waals surface area (Å²) in [7, 11) is 0. The minimum Gasteiger partial charge on any atom is -0.480 e. The maximum absolute atomic E-state index is 12.3. The number of benzene rings is 1. The fourth-order valence-electron chi connectivity index (χ4n) is 1.22. The lowest BCUT2D eigenvalue weighted by Crippen LogP contribution is -2.40. The molecule has 0 fully saturated rings. The molecule has 1 rings (SSSR count). The SMILES string of the molecule is CCc1ccc(OC(CN)C(F)(F)F)cc1. The lowest BCUT2D eigenvalue weighted by molar-refractivity contribution is -0.191. The van der Waals surface area contributed by atoms with E-state index in [1.165, 1.54) is 12.1 Å². The molecule has 0 heterocycles. The third-order valence-corrected chi connectivity index (χ3v) is 2.19. The Morgan fingerprint density at radius 1 is 1.25 bits per heavy atom. The molecule has 0 amide bonds. The molecule has 2 N–H and O–H groups in total. The lowest BCUT2D eigenvalue weighted by atomic mass is 10.2. The Hall–Kier alpha value is -1.23. The molecule has 0 aromatic heterocycles. The van der Waals surface area contributed by atoms with Crippen LogP contribution in [0.5, 0.6) is 5.75 Å². The van der Waals surface area contributed by atoms with Crippen molar-refractivity contribution in [1.29, 1.82) is 0 Å². The first-order valence-electron chi connectivity index (χ1n) is 4.99. The number of ether oxygens (including phenoxy) is 1. The van der Waals surface area contributed by atoms with Crippen LogP contribution in [0.2, 0.25) is 0 Å². The lowest BCUT2D eigenvalue weighted by Gasteiger charge is -2.20. The standard InChI is InChI=1S/C11H14F3NO/c1-2-8-3-5-9(6-4-8)16-10(7-15)11(12,13)14/h3-6,10H,2,7,15H2,1H3. The Morgan fingerprint density at radius 2 is 1.81 bits per heavy atom. The fraction of sp³-hybridized carbons (Fsp3) is 0.455. The van der Waals surface area contributed by atoms with E-state index in [0.717, 1.165) is 12.0 Å². The Kier molecular flexibility index (Phi) is 4.18. The highest BCUT2D eigenvalue weighted by molar-refractivity contribution is 5.27. The van der Waals surface area contributed by atoms with Crippen molar-refractivity contribution >= 4 is 0 Å². The summed E-state index contributed by atoms with van der Waals surface area (Å²) in [6.45, 7) is 1.38. The van der Waals surface area contributed by atoms with Gasteiger partial charge in [-0.3, -0.25) is 0 Å². The average molecular weight is 233 g/mol. The smallest absolute Gasteiger partial charge is 0.426 e. The first-order chi connectivity index (χ1) is 7.47. The summed E-state index contributed by atoms with van der Waals surface area (Å²) >= 11 is 0. The summed E-state index contributed by atoms with van der Waals surface area (Å²) in [4.78, 5) is 0. The summed E-state index contributed by atoms with van der Waals surface area (Å²) in [5.74, 6) is 0.185. The summed E-state index contributed by atoms with van der Waals surface area (Å²) in [5, 5.41) is 0. The molecule has 0 saturated heterocycles. The van der Waals surface area contributed by atoms with Crippen LogP contribution in [-0.2, 0) is 6.42 Å². The van der Waals surface area contributed by atoms with Crippen molar-refractivity contribution in [2.45, 2.75) is 25.6 Å². The van der Waals surface area contributed by atoms with Gasteiger partial charge in [-0.2, -0.15) is 13.2 Å². The molecular formula is C11H14F3NO. The predicted octanol–water partition coefficient (Wildman–Crippen LogP) is 2.52. The topological polar surface area (TPSA) is 35.2 Å². The summed E-state index contributed by atoms with van der Waals surface area (Å²) in [5.41, 5.74) is 6.06. The Balaban J connectivity index is 2.71. The summed E-state index contributed by atoms with van der Waals surface area (Å²) in [6.07, 6.45) is -5.54. The Labute approximate surface area is 92.2 Å². The molecule has 0 aliphatic heterocycles. The van der Waals surface area contributed by atoms with Crippen LogP contribution in [0.15, 0.2) is 24.3 Å². The minimum absolute atomic E-state index is 0.185. The maximum Gasteiger partial charge on any atom is 0.426 e. The second kappa shape index (κ2) is 5.21. The zero-order chi connectivity index (χ0) is 12.2. The third-order valence-electron chi connectivity index (χ3n) is 2.19. The molecule has 1 atom stereocenters. The second-order valence-electron chi connectivity index (χ2n) is 3.38. The van der Waals surface area contributed by atoms with Gasteiger partial charge in [0.15, 0.2) is 0 Å². The normalized spacial score (nSPS) is 13.6. The minimum atomic E-state index is -4.43. The van der Waals surface area contributed by atoms with Gasteiger partial charge in [0.25, 0.3) is 0 Å². The van der Waals surface area contributed by atoms with Crippen LogP contribution in [0.25, 0.3) is 0 Å². The van der Waals surface area contributed by atoms with Crippen molar-refractivity contribution in [2.75, 3.05) is 6.54 Å². The van der Waals surface area contributed by atoms with Gasteiger partial charge in [0, 0.05) is 6.54 Å². The monoisotopic (exact) mass is 233 g/mol. The van der Waals surface area contributed by atoms with Gasteiger partial charge in [-0.15, -0.1) is 0 Å². The molecule has 0 saturated carbocycles.